The van der Waals surface area contributed by atoms with Crippen molar-refractivity contribution in [3.63, 3.8) is 0 Å². The van der Waals surface area contributed by atoms with Gasteiger partial charge in [0.2, 0.25) is 0 Å². The molecule has 214 valence electrons. The highest BCUT2D eigenvalue weighted by atomic mass is 16.5. The third kappa shape index (κ3) is 6.54. The summed E-state index contributed by atoms with van der Waals surface area (Å²) in [5.41, 5.74) is 7.87. The molecule has 1 heteroatoms. The fourth-order valence-corrected chi connectivity index (χ4v) is 5.66. The number of aryl methyl sites for hydroxylation is 1. The van der Waals surface area contributed by atoms with Crippen molar-refractivity contribution < 1.29 is 4.74 Å². The van der Waals surface area contributed by atoms with Crippen LogP contribution in [0.15, 0.2) is 121 Å². The van der Waals surface area contributed by atoms with Crippen molar-refractivity contribution in [3.05, 3.63) is 149 Å². The maximum Gasteiger partial charge on any atom is 0.119 e. The second kappa shape index (κ2) is 13.8. The molecule has 0 saturated carbocycles. The Morgan fingerprint density at radius 2 is 0.932 bits per heavy atom. The molecule has 6 aromatic rings. The highest BCUT2D eigenvalue weighted by molar-refractivity contribution is 6.09. The molecule has 6 rings (SSSR count). The molecular weight excluding hydrogens is 532 g/mol. The Labute approximate surface area is 261 Å². The van der Waals surface area contributed by atoms with E-state index in [4.69, 9.17) is 4.74 Å². The van der Waals surface area contributed by atoms with Gasteiger partial charge in [-0.2, -0.15) is 0 Å². The molecule has 6 aromatic carbocycles. The van der Waals surface area contributed by atoms with Crippen LogP contribution < -0.4 is 4.74 Å². The summed E-state index contributed by atoms with van der Waals surface area (Å²) in [4.78, 5) is 0. The van der Waals surface area contributed by atoms with Gasteiger partial charge in [0.15, 0.2) is 0 Å². The van der Waals surface area contributed by atoms with E-state index in [0.29, 0.717) is 6.61 Å². The minimum absolute atomic E-state index is 0.650. The summed E-state index contributed by atoms with van der Waals surface area (Å²) in [6.45, 7) is 4.89. The lowest BCUT2D eigenvalue weighted by atomic mass is 9.91. The number of hydrogen-bond donors (Lipinski definition) is 0. The molecule has 0 atom stereocenters. The quantitative estimate of drug-likeness (QED) is 0.106. The fraction of sp³-hybridized carbons (Fsp3) is 0.163. The highest BCUT2D eigenvalue weighted by Gasteiger charge is 2.11. The predicted octanol–water partition coefficient (Wildman–Crippen LogP) is 10.6. The first-order chi connectivity index (χ1) is 21.7. The molecule has 0 aliphatic heterocycles. The molecule has 0 aliphatic rings. The second-order valence-electron chi connectivity index (χ2n) is 11.0. The predicted molar refractivity (Wildman–Crippen MR) is 186 cm³/mol. The molecule has 0 saturated heterocycles. The van der Waals surface area contributed by atoms with E-state index >= 15 is 0 Å². The normalized spacial score (nSPS) is 10.6. The summed E-state index contributed by atoms with van der Waals surface area (Å²) in [5, 5.41) is 4.46. The van der Waals surface area contributed by atoms with E-state index in [-0.39, 0.29) is 0 Å². The van der Waals surface area contributed by atoms with Gasteiger partial charge >= 0.3 is 0 Å². The average Bonchev–Trinajstić information content (AvgIpc) is 3.08. The van der Waals surface area contributed by atoms with Crippen LogP contribution >= 0.6 is 0 Å². The first-order valence-corrected chi connectivity index (χ1v) is 15.6. The van der Waals surface area contributed by atoms with Crippen LogP contribution in [-0.4, -0.2) is 6.61 Å². The maximum atomic E-state index is 5.59. The van der Waals surface area contributed by atoms with Crippen LogP contribution in [-0.2, 0) is 6.42 Å². The van der Waals surface area contributed by atoms with Gasteiger partial charge in [-0.25, -0.2) is 0 Å². The van der Waals surface area contributed by atoms with Gasteiger partial charge < -0.3 is 4.74 Å². The molecule has 0 radical (unpaired) electrons. The van der Waals surface area contributed by atoms with Gasteiger partial charge in [0.1, 0.15) is 5.75 Å². The molecule has 0 spiro atoms. The van der Waals surface area contributed by atoms with Crippen LogP contribution in [0.5, 0.6) is 5.75 Å². The van der Waals surface area contributed by atoms with E-state index in [0.717, 1.165) is 56.0 Å². The number of rotatable bonds is 7. The molecule has 44 heavy (non-hydrogen) atoms. The van der Waals surface area contributed by atoms with Gasteiger partial charge in [-0.3, -0.25) is 0 Å². The third-order valence-electron chi connectivity index (χ3n) is 8.00. The van der Waals surface area contributed by atoms with Crippen LogP contribution in [0, 0.1) is 23.7 Å². The molecular formula is C43H36O. The van der Waals surface area contributed by atoms with E-state index in [1.807, 2.05) is 31.2 Å². The fourth-order valence-electron chi connectivity index (χ4n) is 5.66. The Hall–Kier alpha value is -5.24. The Bertz CT molecular complexity index is 1950. The lowest BCUT2D eigenvalue weighted by Gasteiger charge is -2.10. The van der Waals surface area contributed by atoms with Crippen molar-refractivity contribution >= 4 is 21.5 Å². The minimum atomic E-state index is 0.650. The highest BCUT2D eigenvalue weighted by Crippen LogP contribution is 2.32. The molecule has 0 bridgehead atoms. The molecule has 0 fully saturated rings. The molecule has 0 amide bonds. The molecule has 0 aromatic heterocycles. The molecule has 0 unspecified atom stereocenters. The summed E-state index contributed by atoms with van der Waals surface area (Å²) in [7, 11) is 0. The largest absolute Gasteiger partial charge is 0.494 e. The van der Waals surface area contributed by atoms with Crippen LogP contribution in [0.4, 0.5) is 0 Å². The van der Waals surface area contributed by atoms with Crippen molar-refractivity contribution in [2.45, 2.75) is 39.5 Å². The lowest BCUT2D eigenvalue weighted by Crippen LogP contribution is -1.91. The Morgan fingerprint density at radius 3 is 1.39 bits per heavy atom. The van der Waals surface area contributed by atoms with Gasteiger partial charge in [-0.1, -0.05) is 128 Å². The molecule has 0 N–H and O–H groups in total. The first-order valence-electron chi connectivity index (χ1n) is 15.6. The van der Waals surface area contributed by atoms with Gasteiger partial charge in [0, 0.05) is 22.3 Å². The lowest BCUT2D eigenvalue weighted by molar-refractivity contribution is 0.340. The maximum absolute atomic E-state index is 5.59. The summed E-state index contributed by atoms with van der Waals surface area (Å²) in [6, 6.07) is 42.5. The van der Waals surface area contributed by atoms with E-state index in [1.165, 1.54) is 36.0 Å². The number of ether oxygens (including phenoxy) is 1. The summed E-state index contributed by atoms with van der Waals surface area (Å²) < 4.78 is 5.59. The van der Waals surface area contributed by atoms with Crippen molar-refractivity contribution in [1.29, 1.82) is 0 Å². The third-order valence-corrected chi connectivity index (χ3v) is 8.00. The standard InChI is InChI=1S/C43H36O/c1-3-5-6-11-32-16-24-35(25-17-32)36-26-18-33(19-27-36)22-30-42-38-12-7-9-14-40(38)43(41-15-10-8-13-39(41)42)31-23-34-20-28-37(29-21-34)44-4-2/h7-10,12-21,24-29H,3-6,11H2,1-2H3. The van der Waals surface area contributed by atoms with Crippen LogP contribution in [0.2, 0.25) is 0 Å². The number of hydrogen-bond acceptors (Lipinski definition) is 1. The van der Waals surface area contributed by atoms with E-state index in [2.05, 4.69) is 128 Å². The summed E-state index contributed by atoms with van der Waals surface area (Å²) in [5.74, 6) is 14.7. The Morgan fingerprint density at radius 1 is 0.477 bits per heavy atom. The number of fused-ring (bicyclic) bond motifs is 2. The Balaban J connectivity index is 1.32. The smallest absolute Gasteiger partial charge is 0.119 e. The van der Waals surface area contributed by atoms with Crippen molar-refractivity contribution in [3.8, 4) is 40.6 Å². The molecule has 1 nitrogen and oxygen atoms in total. The zero-order valence-corrected chi connectivity index (χ0v) is 25.5. The van der Waals surface area contributed by atoms with E-state index in [9.17, 15) is 0 Å². The molecule has 0 heterocycles. The number of benzene rings is 6. The average molecular weight is 569 g/mol. The van der Waals surface area contributed by atoms with Gasteiger partial charge in [-0.05, 0) is 94.4 Å². The topological polar surface area (TPSA) is 9.23 Å². The van der Waals surface area contributed by atoms with Crippen LogP contribution in [0.25, 0.3) is 32.7 Å². The van der Waals surface area contributed by atoms with E-state index < -0.39 is 0 Å². The zero-order valence-electron chi connectivity index (χ0n) is 25.5. The zero-order chi connectivity index (χ0) is 30.1. The van der Waals surface area contributed by atoms with Crippen LogP contribution in [0.1, 0.15) is 60.9 Å². The van der Waals surface area contributed by atoms with Crippen LogP contribution in [0.3, 0.4) is 0 Å². The second-order valence-corrected chi connectivity index (χ2v) is 11.0. The van der Waals surface area contributed by atoms with Gasteiger partial charge in [0.25, 0.3) is 0 Å². The van der Waals surface area contributed by atoms with Gasteiger partial charge in [0.05, 0.1) is 6.61 Å². The summed E-state index contributed by atoms with van der Waals surface area (Å²) >= 11 is 0. The van der Waals surface area contributed by atoms with E-state index in [1.54, 1.807) is 0 Å². The SMILES string of the molecule is CCCCCc1ccc(-c2ccc(C#Cc3c4ccccc4c(C#Cc4ccc(OCC)cc4)c4ccccc34)cc2)cc1. The van der Waals surface area contributed by atoms with Crippen molar-refractivity contribution in [2.75, 3.05) is 6.61 Å². The summed E-state index contributed by atoms with van der Waals surface area (Å²) in [6.07, 6.45) is 4.96. The van der Waals surface area contributed by atoms with Crippen molar-refractivity contribution in [1.82, 2.24) is 0 Å². The number of unbranched alkanes of at least 4 members (excludes halogenated alkanes) is 2. The van der Waals surface area contributed by atoms with Gasteiger partial charge in [-0.15, -0.1) is 0 Å². The first kappa shape index (κ1) is 28.9. The molecule has 0 aliphatic carbocycles. The minimum Gasteiger partial charge on any atom is -0.494 e. The Kier molecular flexibility index (Phi) is 9.07. The monoisotopic (exact) mass is 568 g/mol. The van der Waals surface area contributed by atoms with Crippen molar-refractivity contribution in [2.24, 2.45) is 0 Å².